The summed E-state index contributed by atoms with van der Waals surface area (Å²) in [4.78, 5) is 8.87. The van der Waals surface area contributed by atoms with E-state index < -0.39 is 0 Å². The van der Waals surface area contributed by atoms with Gasteiger partial charge in [-0.25, -0.2) is 9.50 Å². The molecule has 0 N–H and O–H groups in total. The summed E-state index contributed by atoms with van der Waals surface area (Å²) in [5.41, 5.74) is 4.71. The minimum atomic E-state index is 0.673. The molecule has 20 heavy (non-hydrogen) atoms. The third kappa shape index (κ3) is 2.18. The van der Waals surface area contributed by atoms with Crippen molar-refractivity contribution in [1.29, 1.82) is 0 Å². The average molecular weight is 264 g/mol. The molecule has 1 aliphatic rings. The quantitative estimate of drug-likeness (QED) is 0.727. The van der Waals surface area contributed by atoms with Crippen molar-refractivity contribution in [3.05, 3.63) is 59.8 Å². The normalized spacial score (nSPS) is 14.8. The first-order valence-corrected chi connectivity index (χ1v) is 7.12. The van der Waals surface area contributed by atoms with Gasteiger partial charge in [0.25, 0.3) is 0 Å². The van der Waals surface area contributed by atoms with Gasteiger partial charge in [0.1, 0.15) is 0 Å². The third-order valence-corrected chi connectivity index (χ3v) is 3.84. The van der Waals surface area contributed by atoms with E-state index in [9.17, 15) is 0 Å². The van der Waals surface area contributed by atoms with E-state index in [0.29, 0.717) is 5.92 Å². The zero-order valence-electron chi connectivity index (χ0n) is 11.2. The van der Waals surface area contributed by atoms with Gasteiger partial charge < -0.3 is 0 Å². The van der Waals surface area contributed by atoms with Gasteiger partial charge in [0.15, 0.2) is 5.65 Å². The van der Waals surface area contributed by atoms with Crippen LogP contribution in [-0.4, -0.2) is 19.6 Å². The number of hydrogen-bond acceptors (Lipinski definition) is 3. The van der Waals surface area contributed by atoms with Crippen LogP contribution in [0.1, 0.15) is 35.7 Å². The zero-order valence-corrected chi connectivity index (χ0v) is 11.2. The highest BCUT2D eigenvalue weighted by Crippen LogP contribution is 2.39. The highest BCUT2D eigenvalue weighted by atomic mass is 15.2. The Hall–Kier alpha value is -2.23. The largest absolute Gasteiger partial charge is 0.264 e. The predicted molar refractivity (Wildman–Crippen MR) is 76.6 cm³/mol. The lowest BCUT2D eigenvalue weighted by Crippen LogP contribution is -2.04. The summed E-state index contributed by atoms with van der Waals surface area (Å²) in [6.07, 6.45) is 10.1. The van der Waals surface area contributed by atoms with E-state index in [4.69, 9.17) is 4.98 Å². The van der Waals surface area contributed by atoms with Crippen LogP contribution in [0, 0.1) is 0 Å². The van der Waals surface area contributed by atoms with Gasteiger partial charge in [-0.1, -0.05) is 6.07 Å². The van der Waals surface area contributed by atoms with Gasteiger partial charge in [-0.15, -0.1) is 0 Å². The number of hydrogen-bond donors (Lipinski definition) is 0. The molecule has 0 saturated heterocycles. The predicted octanol–water partition coefficient (Wildman–Crippen LogP) is 2.79. The number of pyridine rings is 1. The monoisotopic (exact) mass is 264 g/mol. The number of fused-ring (bicyclic) bond motifs is 1. The summed E-state index contributed by atoms with van der Waals surface area (Å²) in [6.45, 7) is 0. The lowest BCUT2D eigenvalue weighted by Gasteiger charge is -2.07. The highest BCUT2D eigenvalue weighted by Gasteiger charge is 2.26. The first-order valence-electron chi connectivity index (χ1n) is 7.12. The third-order valence-electron chi connectivity index (χ3n) is 3.84. The van der Waals surface area contributed by atoms with Gasteiger partial charge in [-0.2, -0.15) is 5.10 Å². The summed E-state index contributed by atoms with van der Waals surface area (Å²) in [5, 5.41) is 4.39. The molecule has 4 heteroatoms. The second-order valence-corrected chi connectivity index (χ2v) is 5.41. The van der Waals surface area contributed by atoms with Gasteiger partial charge in [0.2, 0.25) is 0 Å². The molecule has 1 aliphatic carbocycles. The number of rotatable bonds is 4. The molecule has 0 atom stereocenters. The fourth-order valence-electron chi connectivity index (χ4n) is 2.58. The minimum absolute atomic E-state index is 0.673. The second kappa shape index (κ2) is 4.71. The molecule has 4 rings (SSSR count). The highest BCUT2D eigenvalue weighted by molar-refractivity contribution is 5.40. The maximum absolute atomic E-state index is 4.70. The maximum Gasteiger partial charge on any atom is 0.155 e. The van der Waals surface area contributed by atoms with Crippen LogP contribution in [0.2, 0.25) is 0 Å². The summed E-state index contributed by atoms with van der Waals surface area (Å²) < 4.78 is 1.96. The zero-order chi connectivity index (χ0) is 13.4. The van der Waals surface area contributed by atoms with Crippen molar-refractivity contribution in [2.45, 2.75) is 31.6 Å². The summed E-state index contributed by atoms with van der Waals surface area (Å²) in [7, 11) is 0. The number of nitrogens with zero attached hydrogens (tertiary/aromatic N) is 4. The van der Waals surface area contributed by atoms with Crippen molar-refractivity contribution in [3.8, 4) is 0 Å². The molecule has 0 aromatic carbocycles. The second-order valence-electron chi connectivity index (χ2n) is 5.41. The van der Waals surface area contributed by atoms with E-state index in [-0.39, 0.29) is 0 Å². The van der Waals surface area contributed by atoms with Gasteiger partial charge in [0.05, 0.1) is 6.20 Å². The van der Waals surface area contributed by atoms with E-state index in [1.54, 1.807) is 0 Å². The van der Waals surface area contributed by atoms with Crippen molar-refractivity contribution < 1.29 is 0 Å². The number of aromatic nitrogens is 4. The SMILES string of the molecule is c1cncc(CCc2cc(C3CC3)nc3ccnn23)c1. The molecule has 3 aromatic heterocycles. The molecule has 3 aromatic rings. The van der Waals surface area contributed by atoms with E-state index in [2.05, 4.69) is 22.2 Å². The Labute approximate surface area is 117 Å². The molecule has 0 spiro atoms. The Kier molecular flexibility index (Phi) is 2.73. The van der Waals surface area contributed by atoms with Crippen LogP contribution in [0.25, 0.3) is 5.65 Å². The van der Waals surface area contributed by atoms with Crippen LogP contribution in [-0.2, 0) is 12.8 Å². The molecule has 100 valence electrons. The fourth-order valence-corrected chi connectivity index (χ4v) is 2.58. The van der Waals surface area contributed by atoms with Crippen LogP contribution in [0.5, 0.6) is 0 Å². The summed E-state index contributed by atoms with van der Waals surface area (Å²) in [5.74, 6) is 0.673. The van der Waals surface area contributed by atoms with E-state index in [1.807, 2.05) is 35.2 Å². The van der Waals surface area contributed by atoms with Crippen molar-refractivity contribution in [1.82, 2.24) is 19.6 Å². The van der Waals surface area contributed by atoms with Crippen molar-refractivity contribution >= 4 is 5.65 Å². The van der Waals surface area contributed by atoms with E-state index >= 15 is 0 Å². The average Bonchev–Trinajstić information content (AvgIpc) is 3.24. The first kappa shape index (κ1) is 11.6. The smallest absolute Gasteiger partial charge is 0.155 e. The lowest BCUT2D eigenvalue weighted by molar-refractivity contribution is 0.796. The molecule has 0 radical (unpaired) electrons. The van der Waals surface area contributed by atoms with Crippen LogP contribution in [0.3, 0.4) is 0 Å². The van der Waals surface area contributed by atoms with Crippen molar-refractivity contribution in [3.63, 3.8) is 0 Å². The molecule has 4 nitrogen and oxygen atoms in total. The van der Waals surface area contributed by atoms with Crippen LogP contribution in [0.15, 0.2) is 42.9 Å². The molecular weight excluding hydrogens is 248 g/mol. The van der Waals surface area contributed by atoms with Crippen LogP contribution < -0.4 is 0 Å². The fraction of sp³-hybridized carbons (Fsp3) is 0.312. The molecule has 0 unspecified atom stereocenters. The molecular formula is C16H16N4. The Morgan fingerprint density at radius 1 is 1.15 bits per heavy atom. The lowest BCUT2D eigenvalue weighted by atomic mass is 10.1. The molecule has 3 heterocycles. The summed E-state index contributed by atoms with van der Waals surface area (Å²) >= 11 is 0. The maximum atomic E-state index is 4.70. The molecule has 0 amide bonds. The van der Waals surface area contributed by atoms with E-state index in [0.717, 1.165) is 18.5 Å². The Balaban J connectivity index is 1.65. The molecule has 0 bridgehead atoms. The van der Waals surface area contributed by atoms with E-state index in [1.165, 1.54) is 29.8 Å². The summed E-state index contributed by atoms with van der Waals surface area (Å²) in [6, 6.07) is 8.32. The van der Waals surface area contributed by atoms with Gasteiger partial charge in [-0.3, -0.25) is 4.98 Å². The Morgan fingerprint density at radius 2 is 2.10 bits per heavy atom. The minimum Gasteiger partial charge on any atom is -0.264 e. The standard InChI is InChI=1S/C16H16N4/c1-2-12(11-17-8-1)3-6-14-10-15(13-4-5-13)19-16-7-9-18-20(14)16/h1-2,7-11,13H,3-6H2. The molecule has 1 fully saturated rings. The van der Waals surface area contributed by atoms with Crippen molar-refractivity contribution in [2.24, 2.45) is 0 Å². The Bertz CT molecular complexity index is 729. The van der Waals surface area contributed by atoms with Crippen LogP contribution in [0.4, 0.5) is 0 Å². The molecule has 1 saturated carbocycles. The van der Waals surface area contributed by atoms with Crippen molar-refractivity contribution in [2.75, 3.05) is 0 Å². The Morgan fingerprint density at radius 3 is 2.90 bits per heavy atom. The van der Waals surface area contributed by atoms with Gasteiger partial charge in [-0.05, 0) is 43.4 Å². The van der Waals surface area contributed by atoms with Gasteiger partial charge >= 0.3 is 0 Å². The van der Waals surface area contributed by atoms with Crippen LogP contribution >= 0.6 is 0 Å². The molecule has 0 aliphatic heterocycles. The first-order chi connectivity index (χ1) is 9.90. The number of aryl methyl sites for hydroxylation is 2. The van der Waals surface area contributed by atoms with Gasteiger partial charge in [0, 0.05) is 35.8 Å². The topological polar surface area (TPSA) is 43.1 Å².